The highest BCUT2D eigenvalue weighted by atomic mass is 19.1. The van der Waals surface area contributed by atoms with Crippen LogP contribution in [0.4, 0.5) is 4.39 Å². The summed E-state index contributed by atoms with van der Waals surface area (Å²) in [6.45, 7) is 0. The molecular formula is C15H21FO2. The first-order valence-electron chi connectivity index (χ1n) is 6.78. The molecule has 2 unspecified atom stereocenters. The molecule has 2 rings (SSSR count). The van der Waals surface area contributed by atoms with Gasteiger partial charge in [0.05, 0.1) is 12.2 Å². The normalized spacial score (nSPS) is 20.6. The minimum Gasteiger partial charge on any atom is -0.390 e. The molecule has 0 spiro atoms. The van der Waals surface area contributed by atoms with Crippen molar-refractivity contribution in [3.05, 3.63) is 35.6 Å². The van der Waals surface area contributed by atoms with E-state index in [4.69, 9.17) is 0 Å². The van der Waals surface area contributed by atoms with Gasteiger partial charge in [0.15, 0.2) is 0 Å². The van der Waals surface area contributed by atoms with Crippen molar-refractivity contribution in [3.8, 4) is 0 Å². The summed E-state index contributed by atoms with van der Waals surface area (Å²) in [6, 6.07) is 6.42. The van der Waals surface area contributed by atoms with Gasteiger partial charge in [0.2, 0.25) is 0 Å². The van der Waals surface area contributed by atoms with Gasteiger partial charge in [-0.15, -0.1) is 0 Å². The van der Waals surface area contributed by atoms with Crippen LogP contribution in [0.25, 0.3) is 0 Å². The summed E-state index contributed by atoms with van der Waals surface area (Å²) in [6.07, 6.45) is 3.97. The van der Waals surface area contributed by atoms with Crippen LogP contribution >= 0.6 is 0 Å². The topological polar surface area (TPSA) is 40.5 Å². The maximum Gasteiger partial charge on any atom is 0.126 e. The van der Waals surface area contributed by atoms with Crippen molar-refractivity contribution in [2.24, 2.45) is 5.92 Å². The van der Waals surface area contributed by atoms with Gasteiger partial charge in [-0.1, -0.05) is 37.5 Å². The first-order valence-corrected chi connectivity index (χ1v) is 6.78. The third-order valence-corrected chi connectivity index (χ3v) is 3.91. The van der Waals surface area contributed by atoms with Crippen molar-refractivity contribution >= 4 is 0 Å². The Bertz CT molecular complexity index is 375. The Labute approximate surface area is 107 Å². The highest BCUT2D eigenvalue weighted by Gasteiger charge is 2.28. The van der Waals surface area contributed by atoms with Crippen LogP contribution in [0.2, 0.25) is 0 Å². The van der Waals surface area contributed by atoms with Crippen molar-refractivity contribution in [2.75, 3.05) is 0 Å². The summed E-state index contributed by atoms with van der Waals surface area (Å²) >= 11 is 0. The molecule has 3 heteroatoms. The molecule has 1 saturated carbocycles. The SMILES string of the molecule is OC(Cc1ccccc1F)C(O)C1CCCCC1. The molecule has 0 aliphatic heterocycles. The van der Waals surface area contributed by atoms with E-state index in [9.17, 15) is 14.6 Å². The van der Waals surface area contributed by atoms with Gasteiger partial charge in [-0.25, -0.2) is 4.39 Å². The summed E-state index contributed by atoms with van der Waals surface area (Å²) in [7, 11) is 0. The van der Waals surface area contributed by atoms with Crippen molar-refractivity contribution in [3.63, 3.8) is 0 Å². The summed E-state index contributed by atoms with van der Waals surface area (Å²) in [5.41, 5.74) is 0.472. The molecule has 1 fully saturated rings. The lowest BCUT2D eigenvalue weighted by Crippen LogP contribution is -2.36. The summed E-state index contributed by atoms with van der Waals surface area (Å²) in [4.78, 5) is 0. The number of halogens is 1. The third kappa shape index (κ3) is 3.30. The monoisotopic (exact) mass is 252 g/mol. The predicted molar refractivity (Wildman–Crippen MR) is 68.7 cm³/mol. The van der Waals surface area contributed by atoms with Gasteiger partial charge in [-0.05, 0) is 30.4 Å². The molecule has 1 aliphatic rings. The van der Waals surface area contributed by atoms with Gasteiger partial charge in [0, 0.05) is 6.42 Å². The highest BCUT2D eigenvalue weighted by molar-refractivity contribution is 5.18. The number of aliphatic hydroxyl groups excluding tert-OH is 2. The van der Waals surface area contributed by atoms with E-state index in [1.165, 1.54) is 12.5 Å². The van der Waals surface area contributed by atoms with Gasteiger partial charge in [-0.2, -0.15) is 0 Å². The number of rotatable bonds is 4. The van der Waals surface area contributed by atoms with E-state index in [1.807, 2.05) is 0 Å². The van der Waals surface area contributed by atoms with Crippen LogP contribution in [0.15, 0.2) is 24.3 Å². The van der Waals surface area contributed by atoms with Crippen LogP contribution in [0.5, 0.6) is 0 Å². The zero-order valence-corrected chi connectivity index (χ0v) is 10.6. The number of hydrogen-bond donors (Lipinski definition) is 2. The molecule has 2 atom stereocenters. The smallest absolute Gasteiger partial charge is 0.126 e. The highest BCUT2D eigenvalue weighted by Crippen LogP contribution is 2.28. The second-order valence-electron chi connectivity index (χ2n) is 5.25. The molecule has 0 bridgehead atoms. The largest absolute Gasteiger partial charge is 0.390 e. The number of aliphatic hydroxyl groups is 2. The van der Waals surface area contributed by atoms with Crippen LogP contribution in [-0.2, 0) is 6.42 Å². The van der Waals surface area contributed by atoms with Crippen molar-refractivity contribution in [1.82, 2.24) is 0 Å². The lowest BCUT2D eigenvalue weighted by atomic mass is 9.82. The summed E-state index contributed by atoms with van der Waals surface area (Å²) in [5, 5.41) is 20.2. The number of hydrogen-bond acceptors (Lipinski definition) is 2. The van der Waals surface area contributed by atoms with Gasteiger partial charge >= 0.3 is 0 Å². The molecule has 1 aromatic carbocycles. The van der Waals surface area contributed by atoms with Crippen LogP contribution in [0, 0.1) is 11.7 Å². The molecule has 18 heavy (non-hydrogen) atoms. The molecule has 1 aliphatic carbocycles. The summed E-state index contributed by atoms with van der Waals surface area (Å²) < 4.78 is 13.5. The van der Waals surface area contributed by atoms with Crippen molar-refractivity contribution < 1.29 is 14.6 Å². The Morgan fingerprint density at radius 3 is 2.44 bits per heavy atom. The van der Waals surface area contributed by atoms with E-state index in [0.717, 1.165) is 25.7 Å². The van der Waals surface area contributed by atoms with Crippen molar-refractivity contribution in [2.45, 2.75) is 50.7 Å². The lowest BCUT2D eigenvalue weighted by Gasteiger charge is -2.29. The molecule has 0 saturated heterocycles. The quantitative estimate of drug-likeness (QED) is 0.865. The van der Waals surface area contributed by atoms with E-state index in [1.54, 1.807) is 18.2 Å². The zero-order valence-electron chi connectivity index (χ0n) is 10.6. The first-order chi connectivity index (χ1) is 8.68. The summed E-state index contributed by atoms with van der Waals surface area (Å²) in [5.74, 6) is -0.145. The molecule has 2 nitrogen and oxygen atoms in total. The number of benzene rings is 1. The molecule has 1 aromatic rings. The minimum absolute atomic E-state index is 0.167. The second-order valence-corrected chi connectivity index (χ2v) is 5.25. The van der Waals surface area contributed by atoms with Gasteiger partial charge in [-0.3, -0.25) is 0 Å². The maximum atomic E-state index is 13.5. The molecular weight excluding hydrogens is 231 g/mol. The third-order valence-electron chi connectivity index (χ3n) is 3.91. The Morgan fingerprint density at radius 2 is 1.78 bits per heavy atom. The fourth-order valence-corrected chi connectivity index (χ4v) is 2.80. The Balaban J connectivity index is 1.94. The lowest BCUT2D eigenvalue weighted by molar-refractivity contribution is -0.0266. The van der Waals surface area contributed by atoms with Crippen LogP contribution in [0.3, 0.4) is 0 Å². The maximum absolute atomic E-state index is 13.5. The predicted octanol–water partition coefficient (Wildman–Crippen LogP) is 2.67. The molecule has 0 aromatic heterocycles. The van der Waals surface area contributed by atoms with Gasteiger partial charge in [0.25, 0.3) is 0 Å². The van der Waals surface area contributed by atoms with E-state index in [-0.39, 0.29) is 18.2 Å². The van der Waals surface area contributed by atoms with E-state index in [2.05, 4.69) is 0 Å². The second kappa shape index (κ2) is 6.30. The zero-order chi connectivity index (χ0) is 13.0. The Hall–Kier alpha value is -0.930. The average molecular weight is 252 g/mol. The first kappa shape index (κ1) is 13.5. The van der Waals surface area contributed by atoms with Gasteiger partial charge < -0.3 is 10.2 Å². The van der Waals surface area contributed by atoms with Crippen LogP contribution in [0.1, 0.15) is 37.7 Å². The minimum atomic E-state index is -0.870. The standard InChI is InChI=1S/C15H21FO2/c16-13-9-5-4-8-12(13)10-14(17)15(18)11-6-2-1-3-7-11/h4-5,8-9,11,14-15,17-18H,1-3,6-7,10H2. The van der Waals surface area contributed by atoms with Gasteiger partial charge in [0.1, 0.15) is 5.82 Å². The molecule has 0 amide bonds. The molecule has 0 heterocycles. The Kier molecular flexibility index (Phi) is 4.72. The van der Waals surface area contributed by atoms with E-state index < -0.39 is 12.2 Å². The molecule has 0 radical (unpaired) electrons. The Morgan fingerprint density at radius 1 is 1.11 bits per heavy atom. The van der Waals surface area contributed by atoms with E-state index >= 15 is 0 Å². The van der Waals surface area contributed by atoms with Crippen LogP contribution < -0.4 is 0 Å². The fourth-order valence-electron chi connectivity index (χ4n) is 2.80. The van der Waals surface area contributed by atoms with E-state index in [0.29, 0.717) is 5.56 Å². The van der Waals surface area contributed by atoms with Crippen molar-refractivity contribution in [1.29, 1.82) is 0 Å². The molecule has 100 valence electrons. The average Bonchev–Trinajstić information content (AvgIpc) is 2.41. The van der Waals surface area contributed by atoms with Crippen LogP contribution in [-0.4, -0.2) is 22.4 Å². The molecule has 2 N–H and O–H groups in total. The fraction of sp³-hybridized carbons (Fsp3) is 0.600.